The molecule has 2 aromatic heterocycles. The number of hydrogen-bond acceptors (Lipinski definition) is 7. The number of methoxy groups -OCH3 is 2. The second-order valence-electron chi connectivity index (χ2n) is 7.50. The monoisotopic (exact) mass is 446 g/mol. The maximum Gasteiger partial charge on any atom is 0.257 e. The Morgan fingerprint density at radius 3 is 2.70 bits per heavy atom. The Bertz CT molecular complexity index is 1350. The predicted molar refractivity (Wildman–Crippen MR) is 120 cm³/mol. The number of nitrogens with zero attached hydrogens (tertiary/aromatic N) is 3. The minimum Gasteiger partial charge on any atom is -0.493 e. The number of amides is 1. The van der Waals surface area contributed by atoms with Gasteiger partial charge in [-0.25, -0.2) is 9.50 Å². The normalized spacial score (nSPS) is 13.1. The number of carbonyl (C=O) groups excluding carboxylic acids is 1. The first-order valence-electron chi connectivity index (χ1n) is 10.3. The lowest BCUT2D eigenvalue weighted by Gasteiger charge is -2.16. The highest BCUT2D eigenvalue weighted by atomic mass is 16.7. The molecule has 0 saturated heterocycles. The summed E-state index contributed by atoms with van der Waals surface area (Å²) in [7, 11) is 3.16. The van der Waals surface area contributed by atoms with E-state index in [0.29, 0.717) is 34.2 Å². The summed E-state index contributed by atoms with van der Waals surface area (Å²) in [4.78, 5) is 17.5. The molecule has 0 aliphatic carbocycles. The molecule has 1 aliphatic heterocycles. The third kappa shape index (κ3) is 3.67. The number of fused-ring (bicyclic) bond motifs is 2. The van der Waals surface area contributed by atoms with Gasteiger partial charge in [-0.1, -0.05) is 6.07 Å². The van der Waals surface area contributed by atoms with Crippen LogP contribution in [0.15, 0.2) is 54.9 Å². The van der Waals surface area contributed by atoms with Crippen LogP contribution in [-0.2, 0) is 0 Å². The third-order valence-corrected chi connectivity index (χ3v) is 5.57. The molecule has 0 saturated carbocycles. The zero-order valence-corrected chi connectivity index (χ0v) is 18.4. The molecule has 3 heterocycles. The summed E-state index contributed by atoms with van der Waals surface area (Å²) in [6.45, 7) is 2.10. The van der Waals surface area contributed by atoms with E-state index in [4.69, 9.17) is 18.9 Å². The molecule has 5 rings (SSSR count). The van der Waals surface area contributed by atoms with Crippen LogP contribution in [0.2, 0.25) is 0 Å². The molecule has 33 heavy (non-hydrogen) atoms. The van der Waals surface area contributed by atoms with Gasteiger partial charge in [-0.3, -0.25) is 4.79 Å². The molecule has 4 aromatic rings. The highest BCUT2D eigenvalue weighted by Gasteiger charge is 2.20. The Balaban J connectivity index is 1.42. The number of rotatable bonds is 6. The molecule has 1 N–H and O–H groups in total. The van der Waals surface area contributed by atoms with Crippen LogP contribution in [0, 0.1) is 0 Å². The van der Waals surface area contributed by atoms with E-state index in [-0.39, 0.29) is 18.7 Å². The van der Waals surface area contributed by atoms with E-state index >= 15 is 0 Å². The first kappa shape index (κ1) is 20.6. The maximum atomic E-state index is 13.1. The Kier molecular flexibility index (Phi) is 5.21. The van der Waals surface area contributed by atoms with Gasteiger partial charge in [0, 0.05) is 11.8 Å². The van der Waals surface area contributed by atoms with Crippen LogP contribution in [0.4, 0.5) is 0 Å². The SMILES string of the molecule is COc1ccc([C@H](C)NC(=O)c2cnn3c(-c4ccc5c(c4)OCO5)ccnc23)cc1OC. The van der Waals surface area contributed by atoms with Crippen molar-refractivity contribution in [2.24, 2.45) is 0 Å². The van der Waals surface area contributed by atoms with E-state index in [1.54, 1.807) is 24.9 Å². The molecule has 1 aliphatic rings. The molecular weight excluding hydrogens is 424 g/mol. The van der Waals surface area contributed by atoms with Gasteiger partial charge < -0.3 is 24.3 Å². The highest BCUT2D eigenvalue weighted by molar-refractivity contribution is 6.00. The minimum atomic E-state index is -0.275. The quantitative estimate of drug-likeness (QED) is 0.483. The van der Waals surface area contributed by atoms with E-state index in [1.807, 2.05) is 49.4 Å². The topological polar surface area (TPSA) is 96.2 Å². The number of nitrogens with one attached hydrogen (secondary N) is 1. The van der Waals surface area contributed by atoms with Gasteiger partial charge in [0.05, 0.1) is 32.2 Å². The highest BCUT2D eigenvalue weighted by Crippen LogP contribution is 2.36. The van der Waals surface area contributed by atoms with Gasteiger partial charge in [0.1, 0.15) is 5.56 Å². The molecule has 0 spiro atoms. The standard InChI is InChI=1S/C24H22N4O5/c1-14(15-4-6-19(30-2)21(10-15)31-3)27-24(29)17-12-26-28-18(8-9-25-23(17)28)16-5-7-20-22(11-16)33-13-32-20/h4-12,14H,13H2,1-3H3,(H,27,29)/t14-/m0/s1. The Morgan fingerprint density at radius 2 is 1.88 bits per heavy atom. The number of ether oxygens (including phenoxy) is 4. The smallest absolute Gasteiger partial charge is 0.257 e. The van der Waals surface area contributed by atoms with Crippen molar-refractivity contribution < 1.29 is 23.7 Å². The zero-order valence-electron chi connectivity index (χ0n) is 18.4. The molecule has 1 atom stereocenters. The van der Waals surface area contributed by atoms with Gasteiger partial charge in [-0.2, -0.15) is 5.10 Å². The lowest BCUT2D eigenvalue weighted by molar-refractivity contribution is 0.0941. The second-order valence-corrected chi connectivity index (χ2v) is 7.50. The summed E-state index contributed by atoms with van der Waals surface area (Å²) in [5, 5.41) is 7.43. The molecule has 0 bridgehead atoms. The first-order valence-corrected chi connectivity index (χ1v) is 10.3. The molecule has 1 amide bonds. The van der Waals surface area contributed by atoms with Gasteiger partial charge in [0.15, 0.2) is 28.6 Å². The number of benzene rings is 2. The largest absolute Gasteiger partial charge is 0.493 e. The lowest BCUT2D eigenvalue weighted by Crippen LogP contribution is -2.26. The van der Waals surface area contributed by atoms with Crippen molar-refractivity contribution in [1.82, 2.24) is 19.9 Å². The Hall–Kier alpha value is -4.27. The number of hydrogen-bond donors (Lipinski definition) is 1. The van der Waals surface area contributed by atoms with Gasteiger partial charge in [0.25, 0.3) is 5.91 Å². The molecular formula is C24H22N4O5. The number of aromatic nitrogens is 3. The Morgan fingerprint density at radius 1 is 1.06 bits per heavy atom. The van der Waals surface area contributed by atoms with E-state index in [9.17, 15) is 4.79 Å². The van der Waals surface area contributed by atoms with Crippen LogP contribution >= 0.6 is 0 Å². The van der Waals surface area contributed by atoms with Crippen LogP contribution in [-0.4, -0.2) is 41.5 Å². The van der Waals surface area contributed by atoms with E-state index in [0.717, 1.165) is 16.8 Å². The minimum absolute atomic E-state index is 0.203. The van der Waals surface area contributed by atoms with Crippen molar-refractivity contribution in [3.63, 3.8) is 0 Å². The fraction of sp³-hybridized carbons (Fsp3) is 0.208. The second kappa shape index (κ2) is 8.34. The van der Waals surface area contributed by atoms with Crippen molar-refractivity contribution in [3.8, 4) is 34.3 Å². The van der Waals surface area contributed by atoms with Crippen LogP contribution < -0.4 is 24.3 Å². The summed E-state index contributed by atoms with van der Waals surface area (Å²) in [5.41, 5.74) is 3.38. The zero-order chi connectivity index (χ0) is 22.9. The molecule has 9 heteroatoms. The molecule has 2 aromatic carbocycles. The summed E-state index contributed by atoms with van der Waals surface area (Å²) < 4.78 is 23.2. The van der Waals surface area contributed by atoms with Gasteiger partial charge in [-0.05, 0) is 48.9 Å². The summed E-state index contributed by atoms with van der Waals surface area (Å²) >= 11 is 0. The third-order valence-electron chi connectivity index (χ3n) is 5.57. The first-order chi connectivity index (χ1) is 16.1. The lowest BCUT2D eigenvalue weighted by atomic mass is 10.1. The summed E-state index contributed by atoms with van der Waals surface area (Å²) in [6.07, 6.45) is 3.18. The molecule has 9 nitrogen and oxygen atoms in total. The number of carbonyl (C=O) groups is 1. The van der Waals surface area contributed by atoms with Crippen LogP contribution in [0.3, 0.4) is 0 Å². The van der Waals surface area contributed by atoms with Crippen LogP contribution in [0.1, 0.15) is 28.9 Å². The summed E-state index contributed by atoms with van der Waals surface area (Å²) in [6, 6.07) is 12.8. The van der Waals surface area contributed by atoms with Gasteiger partial charge >= 0.3 is 0 Å². The van der Waals surface area contributed by atoms with E-state index < -0.39 is 0 Å². The van der Waals surface area contributed by atoms with E-state index in [1.165, 1.54) is 6.20 Å². The van der Waals surface area contributed by atoms with Crippen molar-refractivity contribution in [3.05, 3.63) is 66.0 Å². The maximum absolute atomic E-state index is 13.1. The van der Waals surface area contributed by atoms with Crippen molar-refractivity contribution >= 4 is 11.6 Å². The van der Waals surface area contributed by atoms with Crippen molar-refractivity contribution in [2.75, 3.05) is 21.0 Å². The predicted octanol–water partition coefficient (Wildman–Crippen LogP) is 3.63. The molecule has 0 radical (unpaired) electrons. The average Bonchev–Trinajstić information content (AvgIpc) is 3.49. The summed E-state index contributed by atoms with van der Waals surface area (Å²) in [5.74, 6) is 2.33. The van der Waals surface area contributed by atoms with Gasteiger partial charge in [0.2, 0.25) is 6.79 Å². The Labute approximate surface area is 189 Å². The van der Waals surface area contributed by atoms with Crippen molar-refractivity contribution in [1.29, 1.82) is 0 Å². The van der Waals surface area contributed by atoms with Crippen molar-refractivity contribution in [2.45, 2.75) is 13.0 Å². The van der Waals surface area contributed by atoms with Crippen LogP contribution in [0.25, 0.3) is 16.9 Å². The van der Waals surface area contributed by atoms with E-state index in [2.05, 4.69) is 15.4 Å². The average molecular weight is 446 g/mol. The molecule has 0 fully saturated rings. The van der Waals surface area contributed by atoms with Crippen LogP contribution in [0.5, 0.6) is 23.0 Å². The fourth-order valence-corrected chi connectivity index (χ4v) is 3.81. The molecule has 0 unspecified atom stereocenters. The fourth-order valence-electron chi connectivity index (χ4n) is 3.81. The van der Waals surface area contributed by atoms with Gasteiger partial charge in [-0.15, -0.1) is 0 Å². The molecule has 168 valence electrons.